The molecular weight excluding hydrogens is 238 g/mol. The Labute approximate surface area is 103 Å². The van der Waals surface area contributed by atoms with Crippen LogP contribution >= 0.6 is 0 Å². The lowest BCUT2D eigenvalue weighted by atomic mass is 10.2. The van der Waals surface area contributed by atoms with Gasteiger partial charge in [-0.25, -0.2) is 13.1 Å². The molecule has 0 aliphatic carbocycles. The van der Waals surface area contributed by atoms with Gasteiger partial charge in [0.05, 0.1) is 11.9 Å². The first-order chi connectivity index (χ1) is 8.03. The molecule has 0 aromatic heterocycles. The molecule has 0 aliphatic rings. The van der Waals surface area contributed by atoms with E-state index in [-0.39, 0.29) is 12.3 Å². The molecule has 0 amide bonds. The van der Waals surface area contributed by atoms with Crippen LogP contribution in [0.5, 0.6) is 0 Å². The van der Waals surface area contributed by atoms with E-state index in [0.29, 0.717) is 12.8 Å². The quantitative estimate of drug-likeness (QED) is 0.773. The highest BCUT2D eigenvalue weighted by molar-refractivity contribution is 7.88. The summed E-state index contributed by atoms with van der Waals surface area (Å²) in [5.41, 5.74) is 0.760. The zero-order valence-corrected chi connectivity index (χ0v) is 10.8. The van der Waals surface area contributed by atoms with Gasteiger partial charge in [0.2, 0.25) is 10.0 Å². The highest BCUT2D eigenvalue weighted by atomic mass is 32.2. The van der Waals surface area contributed by atoms with Crippen LogP contribution in [0.25, 0.3) is 0 Å². The van der Waals surface area contributed by atoms with Crippen molar-refractivity contribution < 1.29 is 13.5 Å². The van der Waals surface area contributed by atoms with E-state index in [2.05, 4.69) is 4.72 Å². The lowest BCUT2D eigenvalue weighted by Crippen LogP contribution is -2.28. The maximum Gasteiger partial charge on any atom is 0.215 e. The number of rotatable bonds is 7. The van der Waals surface area contributed by atoms with Gasteiger partial charge in [0.15, 0.2) is 0 Å². The Morgan fingerprint density at radius 2 is 1.94 bits per heavy atom. The molecule has 1 aromatic carbocycles. The third-order valence-corrected chi connectivity index (χ3v) is 3.83. The first-order valence-corrected chi connectivity index (χ1v) is 7.38. The number of benzene rings is 1. The van der Waals surface area contributed by atoms with E-state index in [1.165, 1.54) is 0 Å². The number of aliphatic hydroxyl groups is 1. The molecule has 0 heterocycles. The molecule has 17 heavy (non-hydrogen) atoms. The van der Waals surface area contributed by atoms with Crippen LogP contribution in [0.15, 0.2) is 30.3 Å². The fourth-order valence-electron chi connectivity index (χ4n) is 1.43. The van der Waals surface area contributed by atoms with Gasteiger partial charge in [0.25, 0.3) is 0 Å². The zero-order chi connectivity index (χ0) is 12.7. The normalized spacial score (nSPS) is 13.5. The Hall–Kier alpha value is -0.910. The molecule has 0 spiro atoms. The van der Waals surface area contributed by atoms with E-state index in [1.54, 1.807) is 12.1 Å². The standard InChI is InChI=1S/C12H19NO3S/c1-2-12(14)8-9-13-17(15,16)10-11-6-4-3-5-7-11/h3-7,12-14H,2,8-10H2,1H3. The van der Waals surface area contributed by atoms with Crippen molar-refractivity contribution in [2.24, 2.45) is 0 Å². The van der Waals surface area contributed by atoms with Crippen molar-refractivity contribution >= 4 is 10.0 Å². The van der Waals surface area contributed by atoms with Gasteiger partial charge in [-0.2, -0.15) is 0 Å². The molecule has 0 bridgehead atoms. The highest BCUT2D eigenvalue weighted by Crippen LogP contribution is 2.04. The van der Waals surface area contributed by atoms with Crippen molar-refractivity contribution in [3.63, 3.8) is 0 Å². The molecule has 1 atom stereocenters. The Balaban J connectivity index is 2.42. The summed E-state index contributed by atoms with van der Waals surface area (Å²) in [4.78, 5) is 0. The van der Waals surface area contributed by atoms with Crippen LogP contribution in [0.4, 0.5) is 0 Å². The van der Waals surface area contributed by atoms with Gasteiger partial charge in [0, 0.05) is 6.54 Å². The predicted octanol–water partition coefficient (Wildman–Crippen LogP) is 1.27. The van der Waals surface area contributed by atoms with Gasteiger partial charge < -0.3 is 5.11 Å². The fourth-order valence-corrected chi connectivity index (χ4v) is 2.59. The van der Waals surface area contributed by atoms with Crippen molar-refractivity contribution in [3.05, 3.63) is 35.9 Å². The molecule has 0 saturated heterocycles. The maximum atomic E-state index is 11.7. The van der Waals surface area contributed by atoms with Crippen LogP contribution < -0.4 is 4.72 Å². The Morgan fingerprint density at radius 1 is 1.29 bits per heavy atom. The zero-order valence-electron chi connectivity index (χ0n) is 9.96. The third kappa shape index (κ3) is 5.81. The molecule has 2 N–H and O–H groups in total. The van der Waals surface area contributed by atoms with Gasteiger partial charge in [-0.15, -0.1) is 0 Å². The molecule has 0 radical (unpaired) electrons. The Bertz CT molecular complexity index is 417. The van der Waals surface area contributed by atoms with Crippen molar-refractivity contribution in [1.29, 1.82) is 0 Å². The number of aliphatic hydroxyl groups excluding tert-OH is 1. The van der Waals surface area contributed by atoms with E-state index < -0.39 is 16.1 Å². The van der Waals surface area contributed by atoms with Gasteiger partial charge in [0.1, 0.15) is 0 Å². The minimum atomic E-state index is -3.30. The summed E-state index contributed by atoms with van der Waals surface area (Å²) >= 11 is 0. The summed E-state index contributed by atoms with van der Waals surface area (Å²) in [6, 6.07) is 9.03. The minimum Gasteiger partial charge on any atom is -0.393 e. The van der Waals surface area contributed by atoms with Crippen LogP contribution in [0, 0.1) is 0 Å². The number of hydrogen-bond acceptors (Lipinski definition) is 3. The SMILES string of the molecule is CCC(O)CCNS(=O)(=O)Cc1ccccc1. The summed E-state index contributed by atoms with van der Waals surface area (Å²) in [5.74, 6) is -0.0178. The summed E-state index contributed by atoms with van der Waals surface area (Å²) in [6.07, 6.45) is 0.653. The topological polar surface area (TPSA) is 66.4 Å². The molecule has 0 aliphatic heterocycles. The average Bonchev–Trinajstić information content (AvgIpc) is 2.29. The second-order valence-electron chi connectivity index (χ2n) is 3.99. The molecule has 4 nitrogen and oxygen atoms in total. The lowest BCUT2D eigenvalue weighted by molar-refractivity contribution is 0.162. The van der Waals surface area contributed by atoms with Crippen molar-refractivity contribution in [2.75, 3.05) is 6.54 Å². The lowest BCUT2D eigenvalue weighted by Gasteiger charge is -2.09. The first-order valence-electron chi connectivity index (χ1n) is 5.73. The number of hydrogen-bond donors (Lipinski definition) is 2. The number of sulfonamides is 1. The van der Waals surface area contributed by atoms with Gasteiger partial charge >= 0.3 is 0 Å². The first kappa shape index (κ1) is 14.2. The molecule has 0 fully saturated rings. The summed E-state index contributed by atoms with van der Waals surface area (Å²) in [7, 11) is -3.30. The molecule has 1 rings (SSSR count). The molecule has 5 heteroatoms. The molecule has 1 unspecified atom stereocenters. The van der Waals surface area contributed by atoms with E-state index in [1.807, 2.05) is 25.1 Å². The molecule has 96 valence electrons. The smallest absolute Gasteiger partial charge is 0.215 e. The number of nitrogens with one attached hydrogen (secondary N) is 1. The largest absolute Gasteiger partial charge is 0.393 e. The Kier molecular flexibility index (Phi) is 5.61. The van der Waals surface area contributed by atoms with Crippen molar-refractivity contribution in [3.8, 4) is 0 Å². The van der Waals surface area contributed by atoms with Crippen LogP contribution in [0.1, 0.15) is 25.3 Å². The molecule has 0 saturated carbocycles. The predicted molar refractivity (Wildman–Crippen MR) is 68.0 cm³/mol. The molecule has 1 aromatic rings. The Morgan fingerprint density at radius 3 is 2.53 bits per heavy atom. The average molecular weight is 257 g/mol. The summed E-state index contributed by atoms with van der Waals surface area (Å²) < 4.78 is 25.8. The summed E-state index contributed by atoms with van der Waals surface area (Å²) in [5, 5.41) is 9.31. The van der Waals surface area contributed by atoms with Gasteiger partial charge in [-0.3, -0.25) is 0 Å². The maximum absolute atomic E-state index is 11.7. The van der Waals surface area contributed by atoms with Crippen molar-refractivity contribution in [1.82, 2.24) is 4.72 Å². The second-order valence-corrected chi connectivity index (χ2v) is 5.80. The van der Waals surface area contributed by atoms with Crippen LogP contribution in [0.2, 0.25) is 0 Å². The van der Waals surface area contributed by atoms with E-state index in [4.69, 9.17) is 0 Å². The van der Waals surface area contributed by atoms with E-state index >= 15 is 0 Å². The van der Waals surface area contributed by atoms with Crippen LogP contribution in [-0.2, 0) is 15.8 Å². The van der Waals surface area contributed by atoms with Gasteiger partial charge in [-0.1, -0.05) is 37.3 Å². The summed E-state index contributed by atoms with van der Waals surface area (Å²) in [6.45, 7) is 2.15. The monoisotopic (exact) mass is 257 g/mol. The molecular formula is C12H19NO3S. The second kappa shape index (κ2) is 6.74. The third-order valence-electron chi connectivity index (χ3n) is 2.47. The minimum absolute atomic E-state index is 0.0178. The van der Waals surface area contributed by atoms with E-state index in [0.717, 1.165) is 5.56 Å². The van der Waals surface area contributed by atoms with Crippen LogP contribution in [-0.4, -0.2) is 26.2 Å². The van der Waals surface area contributed by atoms with Gasteiger partial charge in [-0.05, 0) is 18.4 Å². The van der Waals surface area contributed by atoms with E-state index in [9.17, 15) is 13.5 Å². The fraction of sp³-hybridized carbons (Fsp3) is 0.500. The van der Waals surface area contributed by atoms with Crippen molar-refractivity contribution in [2.45, 2.75) is 31.6 Å². The highest BCUT2D eigenvalue weighted by Gasteiger charge is 2.11. The van der Waals surface area contributed by atoms with Crippen LogP contribution in [0.3, 0.4) is 0 Å².